The number of hydrogen-bond donors (Lipinski definition) is 0. The molecule has 3 aromatic heterocycles. The van der Waals surface area contributed by atoms with E-state index >= 15 is 0 Å². The van der Waals surface area contributed by atoms with Crippen molar-refractivity contribution in [1.29, 1.82) is 0 Å². The molecule has 0 N–H and O–H groups in total. The third-order valence-corrected chi connectivity index (χ3v) is 21.2. The number of fused-ring (bicyclic) bond motifs is 8. The zero-order chi connectivity index (χ0) is 70.7. The van der Waals surface area contributed by atoms with Crippen molar-refractivity contribution in [1.82, 2.24) is 19.9 Å². The average molecular weight is 1440 g/mol. The summed E-state index contributed by atoms with van der Waals surface area (Å²) in [6, 6.07) is 57.9. The predicted molar refractivity (Wildman–Crippen MR) is 405 cm³/mol. The molecule has 18 rings (SSSR count). The summed E-state index contributed by atoms with van der Waals surface area (Å²) in [6.07, 6.45) is 9.90. The minimum Gasteiger partial charge on any atom is -0.657 e. The first-order valence-corrected chi connectivity index (χ1v) is 35.2. The molecule has 8 aromatic carbocycles. The van der Waals surface area contributed by atoms with Gasteiger partial charge in [0.2, 0.25) is 0 Å². The monoisotopic (exact) mass is 1440 g/mol. The summed E-state index contributed by atoms with van der Waals surface area (Å²) in [5.41, 5.74) is 18.2. The molecule has 1 aliphatic carbocycles. The van der Waals surface area contributed by atoms with Gasteiger partial charge in [-0.1, -0.05) is 97.1 Å². The molecule has 0 unspecified atom stereocenters. The Hall–Kier alpha value is -11.5. The van der Waals surface area contributed by atoms with E-state index in [1.807, 2.05) is 97.1 Å². The van der Waals surface area contributed by atoms with Crippen molar-refractivity contribution in [3.8, 4) is 114 Å². The first-order chi connectivity index (χ1) is 51.2. The van der Waals surface area contributed by atoms with E-state index in [1.54, 1.807) is 56.9 Å². The topological polar surface area (TPSA) is 165 Å². The molecule has 17 heteroatoms. The fourth-order valence-electron chi connectivity index (χ4n) is 16.4. The summed E-state index contributed by atoms with van der Waals surface area (Å²) in [5, 5.41) is 0. The zero-order valence-electron chi connectivity index (χ0n) is 59.5. The number of nitrogens with zero attached hydrogens (tertiary/aromatic N) is 4. The molecule has 16 nitrogen and oxygen atoms in total. The van der Waals surface area contributed by atoms with Gasteiger partial charge in [0.05, 0.1) is 106 Å². The standard InChI is InChI=1S/C88H76N4O12.Co/c1-93-77-45-78(94-2)58-41-57(77)49-33-37-101-73-21-13-9-17-53(73)85-65-25-27-67(89-65)86-54-18-10-14-22-74(54)102-38-34-50(58)61-43-62(82(98-6)47-81(61)97-5)52-36-40-104-76-24-16-12-20-56(76)88(71-30-29-68(86)91-71)72-32-31-70(92-72)87(69-28-26-66(85)90-69)55-19-11-15-23-75(55)103-39-35-51(60-42-59(49)79(95-3)46-80(60)96-4)63-44-64(52)84(100-8)48-83(63)99-7;/h9-32,41-52H,33-40H2,1-8H3;/q-2;+2. The number of aromatic nitrogens is 4. The van der Waals surface area contributed by atoms with Crippen LogP contribution in [0.4, 0.5) is 0 Å². The number of hydrogen-bond acceptors (Lipinski definition) is 14. The van der Waals surface area contributed by atoms with Gasteiger partial charge in [0.1, 0.15) is 69.0 Å². The Morgan fingerprint density at radius 3 is 0.676 bits per heavy atom. The van der Waals surface area contributed by atoms with Crippen molar-refractivity contribution < 1.29 is 73.6 Å². The van der Waals surface area contributed by atoms with E-state index in [0.29, 0.717) is 140 Å². The zero-order valence-corrected chi connectivity index (χ0v) is 60.5. The van der Waals surface area contributed by atoms with Crippen LogP contribution in [0.2, 0.25) is 0 Å². The van der Waals surface area contributed by atoms with Crippen LogP contribution >= 0.6 is 0 Å². The number of ether oxygens (including phenoxy) is 12. The maximum absolute atomic E-state index is 7.41. The van der Waals surface area contributed by atoms with Gasteiger partial charge in [0.25, 0.3) is 0 Å². The maximum atomic E-state index is 7.41. The van der Waals surface area contributed by atoms with Gasteiger partial charge in [-0.15, -0.1) is 22.1 Å². The van der Waals surface area contributed by atoms with Gasteiger partial charge < -0.3 is 66.8 Å². The summed E-state index contributed by atoms with van der Waals surface area (Å²) < 4.78 is 82.8. The van der Waals surface area contributed by atoms with E-state index in [1.165, 1.54) is 0 Å². The molecule has 529 valence electrons. The Bertz CT molecular complexity index is 4840. The quantitative estimate of drug-likeness (QED) is 0.141. The summed E-state index contributed by atoms with van der Waals surface area (Å²) >= 11 is 0. The molecule has 0 atom stereocenters. The third-order valence-electron chi connectivity index (χ3n) is 21.2. The van der Waals surface area contributed by atoms with Gasteiger partial charge in [-0.05, 0) is 121 Å². The fraction of sp³-hybridized carbons (Fsp3) is 0.227. The van der Waals surface area contributed by atoms with Crippen molar-refractivity contribution in [2.45, 2.75) is 49.4 Å². The molecule has 6 aliphatic heterocycles. The second-order valence-corrected chi connectivity index (χ2v) is 26.5. The van der Waals surface area contributed by atoms with Crippen LogP contribution in [-0.4, -0.2) is 93.3 Å². The van der Waals surface area contributed by atoms with Gasteiger partial charge in [-0.25, -0.2) is 9.97 Å². The molecule has 0 amide bonds. The molecule has 105 heavy (non-hydrogen) atoms. The van der Waals surface area contributed by atoms with Crippen molar-refractivity contribution in [2.75, 3.05) is 83.3 Å². The molecule has 0 saturated heterocycles. The minimum atomic E-state index is -0.512. The van der Waals surface area contributed by atoms with Crippen molar-refractivity contribution in [3.63, 3.8) is 0 Å². The van der Waals surface area contributed by atoms with Crippen LogP contribution < -0.4 is 66.8 Å². The minimum absolute atomic E-state index is 0. The molecule has 0 saturated carbocycles. The van der Waals surface area contributed by atoms with Gasteiger partial charge in [-0.3, -0.25) is 0 Å². The number of rotatable bonds is 8. The van der Waals surface area contributed by atoms with Crippen LogP contribution in [0.25, 0.3) is 90.9 Å². The smallest absolute Gasteiger partial charge is 0.657 e. The predicted octanol–water partition coefficient (Wildman–Crippen LogP) is 18.3. The number of benzene rings is 8. The normalized spacial score (nSPS) is 16.6. The van der Waals surface area contributed by atoms with Gasteiger partial charge in [-0.2, -0.15) is 0 Å². The van der Waals surface area contributed by atoms with E-state index in [9.17, 15) is 0 Å². The number of para-hydroxylation sites is 4. The summed E-state index contributed by atoms with van der Waals surface area (Å²) in [6.45, 7) is 0.822. The summed E-state index contributed by atoms with van der Waals surface area (Å²) in [5.74, 6) is 5.14. The van der Waals surface area contributed by atoms with Gasteiger partial charge >= 0.3 is 16.8 Å². The van der Waals surface area contributed by atoms with E-state index < -0.39 is 23.7 Å². The molecule has 0 fully saturated rings. The molecule has 0 spiro atoms. The molecule has 1 radical (unpaired) electrons. The summed E-state index contributed by atoms with van der Waals surface area (Å²) in [7, 11) is 13.6. The Balaban J connectivity index is 0.00000847. The Kier molecular flexibility index (Phi) is 18.5. The molecule has 11 aromatic rings. The van der Waals surface area contributed by atoms with Crippen LogP contribution in [-0.2, 0) is 16.8 Å². The van der Waals surface area contributed by atoms with Crippen LogP contribution in [0.5, 0.6) is 69.0 Å². The SMILES string of the molecule is COc1cc(OC)c2cc1C1CCOc3ccccc3-c3c4nc(c5c6ccc([n-]6)c6c7nc(c(c8ccc3[n-]8)-c3ccccc3OCCC2c2cc(c(OC)cc2OC)C(CCOc2ccccc2-6)c2cc(c(OC)cc2OC)C(CCOc2ccccc2-5)c2cc1c(OC)cc2OC)C=C7)C=C4.[Co+2]. The Labute approximate surface area is 619 Å². The second-order valence-electron chi connectivity index (χ2n) is 26.5. The molecule has 24 bridgehead atoms. The van der Waals surface area contributed by atoms with E-state index in [-0.39, 0.29) is 43.2 Å². The molecule has 7 aliphatic rings. The van der Waals surface area contributed by atoms with Crippen LogP contribution in [0, 0.1) is 0 Å². The average Bonchev–Trinajstić information content (AvgIpc) is 1.55. The van der Waals surface area contributed by atoms with Crippen molar-refractivity contribution in [3.05, 3.63) is 237 Å². The van der Waals surface area contributed by atoms with Gasteiger partial charge in [0, 0.05) is 115 Å². The third kappa shape index (κ3) is 11.9. The Morgan fingerprint density at radius 2 is 0.476 bits per heavy atom. The Morgan fingerprint density at radius 1 is 0.276 bits per heavy atom. The van der Waals surface area contributed by atoms with Crippen LogP contribution in [0.3, 0.4) is 0 Å². The summed E-state index contributed by atoms with van der Waals surface area (Å²) in [4.78, 5) is 23.0. The van der Waals surface area contributed by atoms with Crippen molar-refractivity contribution in [2.24, 2.45) is 0 Å². The van der Waals surface area contributed by atoms with Crippen molar-refractivity contribution >= 4 is 46.4 Å². The van der Waals surface area contributed by atoms with E-state index in [4.69, 9.17) is 76.8 Å². The maximum Gasteiger partial charge on any atom is 2.00 e. The second kappa shape index (κ2) is 28.6. The molecular formula is C88H76CoN4O12. The van der Waals surface area contributed by atoms with Gasteiger partial charge in [0.15, 0.2) is 0 Å². The van der Waals surface area contributed by atoms with E-state index in [0.717, 1.165) is 89.0 Å². The molecule has 9 heterocycles. The number of methoxy groups -OCH3 is 8. The first kappa shape index (κ1) is 67.9. The van der Waals surface area contributed by atoms with Crippen LogP contribution in [0.1, 0.15) is 117 Å². The first-order valence-electron chi connectivity index (χ1n) is 35.2. The van der Waals surface area contributed by atoms with Crippen LogP contribution in [0.15, 0.2) is 170 Å². The fourth-order valence-corrected chi connectivity index (χ4v) is 16.4. The largest absolute Gasteiger partial charge is 2.00 e. The molecular weight excluding hydrogens is 1360 g/mol. The van der Waals surface area contributed by atoms with E-state index in [2.05, 4.69) is 97.1 Å².